The minimum absolute atomic E-state index is 0.00157. The lowest BCUT2D eigenvalue weighted by Gasteiger charge is -2.18. The van der Waals surface area contributed by atoms with E-state index in [1.165, 1.54) is 89.9 Å². The highest BCUT2D eigenvalue weighted by molar-refractivity contribution is 7.99. The van der Waals surface area contributed by atoms with Gasteiger partial charge in [0.25, 0.3) is 0 Å². The van der Waals surface area contributed by atoms with Crippen LogP contribution in [0.2, 0.25) is 0 Å². The van der Waals surface area contributed by atoms with Crippen molar-refractivity contribution in [1.29, 1.82) is 0 Å². The average molecular weight is 743 g/mol. The number of thioether (sulfide) groups is 2. The Hall–Kier alpha value is -0.690. The van der Waals surface area contributed by atoms with E-state index < -0.39 is 0 Å². The zero-order chi connectivity index (χ0) is 36.8. The number of hydrogen-bond acceptors (Lipinski definition) is 7. The Balaban J connectivity index is 4.32. The van der Waals surface area contributed by atoms with Gasteiger partial charge in [-0.3, -0.25) is 14.4 Å². The maximum absolute atomic E-state index is 12.6. The van der Waals surface area contributed by atoms with Crippen molar-refractivity contribution >= 4 is 41.2 Å². The van der Waals surface area contributed by atoms with Gasteiger partial charge in [0, 0.05) is 37.2 Å². The first-order valence-corrected chi connectivity index (χ1v) is 23.8. The van der Waals surface area contributed by atoms with Gasteiger partial charge in [-0.25, -0.2) is 0 Å². The second-order valence-electron chi connectivity index (χ2n) is 14.6. The number of ketones is 1. The second-order valence-corrected chi connectivity index (χ2v) is 16.9. The van der Waals surface area contributed by atoms with Crippen LogP contribution < -0.4 is 0 Å². The van der Waals surface area contributed by atoms with E-state index in [1.807, 2.05) is 23.5 Å². The van der Waals surface area contributed by atoms with Crippen LogP contribution in [0.15, 0.2) is 0 Å². The smallest absolute Gasteiger partial charge is 0.306 e. The van der Waals surface area contributed by atoms with Gasteiger partial charge in [-0.2, -0.15) is 23.5 Å². The van der Waals surface area contributed by atoms with E-state index in [0.717, 1.165) is 100 Å². The molecule has 0 spiro atoms. The first-order valence-electron chi connectivity index (χ1n) is 21.5. The zero-order valence-electron chi connectivity index (χ0n) is 33.6. The molecule has 0 aliphatic carbocycles. The van der Waals surface area contributed by atoms with E-state index in [2.05, 4.69) is 27.7 Å². The molecule has 0 saturated heterocycles. The molecule has 7 heteroatoms. The molecular weight excluding hydrogens is 661 g/mol. The van der Waals surface area contributed by atoms with Crippen LogP contribution in [0.4, 0.5) is 0 Å². The molecule has 0 aliphatic heterocycles. The van der Waals surface area contributed by atoms with Crippen LogP contribution in [0.1, 0.15) is 220 Å². The fourth-order valence-electron chi connectivity index (χ4n) is 6.15. The normalized spacial score (nSPS) is 12.6. The molecule has 0 radical (unpaired) electrons. The van der Waals surface area contributed by atoms with Gasteiger partial charge in [0.2, 0.25) is 0 Å². The summed E-state index contributed by atoms with van der Waals surface area (Å²) < 4.78 is 11.9. The SMILES string of the molecule is CCCCCCCCC(=O)OC(CCCCCC(=O)CCCCCC(CSCCCCC)OC(=O)CCCCCCCC)CSCCCCC. The molecule has 0 heterocycles. The number of hydrogen-bond donors (Lipinski definition) is 0. The van der Waals surface area contributed by atoms with E-state index in [9.17, 15) is 14.4 Å². The fourth-order valence-corrected chi connectivity index (χ4v) is 8.29. The summed E-state index contributed by atoms with van der Waals surface area (Å²) in [5, 5.41) is 0. The number of unbranched alkanes of at least 4 members (excludes halogenated alkanes) is 18. The van der Waals surface area contributed by atoms with E-state index in [0.29, 0.717) is 31.5 Å². The van der Waals surface area contributed by atoms with Gasteiger partial charge < -0.3 is 9.47 Å². The Morgan fingerprint density at radius 1 is 0.400 bits per heavy atom. The van der Waals surface area contributed by atoms with Gasteiger partial charge in [-0.15, -0.1) is 0 Å². The Morgan fingerprint density at radius 2 is 0.720 bits per heavy atom. The predicted octanol–water partition coefficient (Wildman–Crippen LogP) is 13.6. The van der Waals surface area contributed by atoms with Crippen molar-refractivity contribution in [3.8, 4) is 0 Å². The largest absolute Gasteiger partial charge is 0.461 e. The van der Waals surface area contributed by atoms with Crippen molar-refractivity contribution in [3.63, 3.8) is 0 Å². The molecule has 2 unspecified atom stereocenters. The summed E-state index contributed by atoms with van der Waals surface area (Å²) >= 11 is 3.84. The third kappa shape index (κ3) is 35.7. The summed E-state index contributed by atoms with van der Waals surface area (Å²) in [7, 11) is 0. The fraction of sp³-hybridized carbons (Fsp3) is 0.930. The number of carbonyl (C=O) groups excluding carboxylic acids is 3. The molecule has 50 heavy (non-hydrogen) atoms. The van der Waals surface area contributed by atoms with Crippen LogP contribution in [0.5, 0.6) is 0 Å². The summed E-state index contributed by atoms with van der Waals surface area (Å²) in [5.74, 6) is 4.36. The maximum atomic E-state index is 12.6. The van der Waals surface area contributed by atoms with Crippen LogP contribution in [-0.4, -0.2) is 52.9 Å². The molecule has 0 aromatic heterocycles. The topological polar surface area (TPSA) is 69.7 Å². The predicted molar refractivity (Wildman–Crippen MR) is 221 cm³/mol. The van der Waals surface area contributed by atoms with Crippen LogP contribution in [0.3, 0.4) is 0 Å². The Labute approximate surface area is 319 Å². The number of Topliss-reactive ketones (excluding diaryl/α,β-unsaturated/α-hetero) is 1. The molecule has 0 aromatic rings. The number of ether oxygens (including phenoxy) is 2. The molecule has 0 rings (SSSR count). The van der Waals surface area contributed by atoms with Crippen molar-refractivity contribution in [2.75, 3.05) is 23.0 Å². The lowest BCUT2D eigenvalue weighted by atomic mass is 10.0. The lowest BCUT2D eigenvalue weighted by Crippen LogP contribution is -2.21. The third-order valence-corrected chi connectivity index (χ3v) is 11.8. The highest BCUT2D eigenvalue weighted by Gasteiger charge is 2.16. The molecule has 296 valence electrons. The van der Waals surface area contributed by atoms with Crippen molar-refractivity contribution < 1.29 is 23.9 Å². The summed E-state index contributed by atoms with van der Waals surface area (Å²) in [6.07, 6.45) is 31.6. The van der Waals surface area contributed by atoms with Crippen LogP contribution in [-0.2, 0) is 23.9 Å². The Bertz CT molecular complexity index is 702. The monoisotopic (exact) mass is 743 g/mol. The van der Waals surface area contributed by atoms with Crippen LogP contribution in [0.25, 0.3) is 0 Å². The quantitative estimate of drug-likeness (QED) is 0.0457. The maximum Gasteiger partial charge on any atom is 0.306 e. The van der Waals surface area contributed by atoms with E-state index >= 15 is 0 Å². The number of esters is 2. The van der Waals surface area contributed by atoms with Gasteiger partial charge in [0.1, 0.15) is 18.0 Å². The molecule has 0 aliphatic rings. The average Bonchev–Trinajstić information content (AvgIpc) is 3.10. The Kier molecular flexibility index (Phi) is 39.0. The molecule has 0 amide bonds. The highest BCUT2D eigenvalue weighted by atomic mass is 32.2. The molecule has 0 N–H and O–H groups in total. The van der Waals surface area contributed by atoms with E-state index in [4.69, 9.17) is 9.47 Å². The van der Waals surface area contributed by atoms with Gasteiger partial charge >= 0.3 is 11.9 Å². The van der Waals surface area contributed by atoms with Crippen LogP contribution in [0, 0.1) is 0 Å². The Morgan fingerprint density at radius 3 is 1.12 bits per heavy atom. The van der Waals surface area contributed by atoms with Crippen molar-refractivity contribution in [1.82, 2.24) is 0 Å². The highest BCUT2D eigenvalue weighted by Crippen LogP contribution is 2.20. The molecule has 2 atom stereocenters. The minimum atomic E-state index is -0.0294. The van der Waals surface area contributed by atoms with Crippen molar-refractivity contribution in [2.24, 2.45) is 0 Å². The van der Waals surface area contributed by atoms with Gasteiger partial charge in [-0.05, 0) is 75.7 Å². The molecule has 0 fully saturated rings. The zero-order valence-corrected chi connectivity index (χ0v) is 35.2. The second kappa shape index (κ2) is 39.5. The van der Waals surface area contributed by atoms with Gasteiger partial charge in [-0.1, -0.05) is 130 Å². The molecular formula is C43H82O5S2. The molecule has 0 bridgehead atoms. The van der Waals surface area contributed by atoms with Gasteiger partial charge in [0.15, 0.2) is 0 Å². The first kappa shape index (κ1) is 49.3. The first-order chi connectivity index (χ1) is 24.5. The summed E-state index contributed by atoms with van der Waals surface area (Å²) in [6.45, 7) is 8.91. The van der Waals surface area contributed by atoms with Crippen LogP contribution >= 0.6 is 23.5 Å². The molecule has 0 saturated carbocycles. The summed E-state index contributed by atoms with van der Waals surface area (Å²) in [4.78, 5) is 37.7. The summed E-state index contributed by atoms with van der Waals surface area (Å²) in [5.41, 5.74) is 0. The van der Waals surface area contributed by atoms with Crippen molar-refractivity contribution in [3.05, 3.63) is 0 Å². The number of carbonyl (C=O) groups is 3. The van der Waals surface area contributed by atoms with Gasteiger partial charge in [0.05, 0.1) is 0 Å². The van der Waals surface area contributed by atoms with E-state index in [-0.39, 0.29) is 24.1 Å². The molecule has 0 aromatic carbocycles. The van der Waals surface area contributed by atoms with E-state index in [1.54, 1.807) is 0 Å². The van der Waals surface area contributed by atoms with Crippen molar-refractivity contribution in [2.45, 2.75) is 233 Å². The number of rotatable bonds is 40. The standard InChI is InChI=1S/C43H82O5S2/c1-5-9-13-15-17-25-33-42(45)47-40(37-49-35-27-11-7-3)31-23-19-21-29-39(44)30-22-20-24-32-41(38-50-36-28-12-8-4)48-43(46)34-26-18-16-14-10-6-2/h40-41H,5-38H2,1-4H3. The molecule has 5 nitrogen and oxygen atoms in total. The lowest BCUT2D eigenvalue weighted by molar-refractivity contribution is -0.149. The third-order valence-electron chi connectivity index (χ3n) is 9.42. The summed E-state index contributed by atoms with van der Waals surface area (Å²) in [6, 6.07) is 0. The minimum Gasteiger partial charge on any atom is -0.461 e.